The van der Waals surface area contributed by atoms with E-state index in [4.69, 9.17) is 16.3 Å². The van der Waals surface area contributed by atoms with Crippen molar-refractivity contribution in [2.45, 2.75) is 64.5 Å². The van der Waals surface area contributed by atoms with E-state index in [1.165, 1.54) is 34.2 Å². The molecule has 200 valence electrons. The number of amides is 1. The highest BCUT2D eigenvalue weighted by atomic mass is 35.5. The smallest absolute Gasteiger partial charge is 0.323 e. The summed E-state index contributed by atoms with van der Waals surface area (Å²) in [5.41, 5.74) is 4.88. The monoisotopic (exact) mass is 537 g/mol. The van der Waals surface area contributed by atoms with Crippen molar-refractivity contribution < 1.29 is 23.8 Å². The van der Waals surface area contributed by atoms with Gasteiger partial charge in [0.05, 0.1) is 5.02 Å². The number of carbonyl (C=O) groups is 2. The van der Waals surface area contributed by atoms with E-state index in [1.807, 2.05) is 12.1 Å². The number of carbonyl (C=O) groups excluding carboxylic acids is 1. The van der Waals surface area contributed by atoms with Crippen molar-refractivity contribution in [3.05, 3.63) is 99.3 Å². The van der Waals surface area contributed by atoms with Crippen LogP contribution >= 0.6 is 11.6 Å². The van der Waals surface area contributed by atoms with Gasteiger partial charge in [-0.15, -0.1) is 0 Å². The highest BCUT2D eigenvalue weighted by molar-refractivity contribution is 6.30. The standard InChI is InChI=1S/C31H33ClFNO4/c1-20(2)24-9-4-22(5-10-24)16-31(3)17-25-14-21(7-12-28(25)38-31)8-13-29(35)34(19-30(36)37)18-23-6-11-27(33)26(32)15-23/h4-7,9-12,14-15,20H,8,13,16-19H2,1-3H3,(H,36,37)/t31-/m0/s1. The zero-order valence-electron chi connectivity index (χ0n) is 22.0. The van der Waals surface area contributed by atoms with E-state index in [2.05, 4.69) is 51.1 Å². The molecule has 3 aromatic carbocycles. The molecule has 38 heavy (non-hydrogen) atoms. The molecule has 0 fully saturated rings. The van der Waals surface area contributed by atoms with Crippen molar-refractivity contribution in [2.75, 3.05) is 6.54 Å². The van der Waals surface area contributed by atoms with Crippen molar-refractivity contribution in [3.63, 3.8) is 0 Å². The van der Waals surface area contributed by atoms with Gasteiger partial charge in [0.2, 0.25) is 5.91 Å². The van der Waals surface area contributed by atoms with Gasteiger partial charge in [-0.3, -0.25) is 9.59 Å². The van der Waals surface area contributed by atoms with Crippen LogP contribution in [0.25, 0.3) is 0 Å². The molecule has 0 spiro atoms. The van der Waals surface area contributed by atoms with Gasteiger partial charge in [0.1, 0.15) is 23.7 Å². The molecule has 1 heterocycles. The Morgan fingerprint density at radius 2 is 1.74 bits per heavy atom. The molecule has 1 amide bonds. The van der Waals surface area contributed by atoms with Gasteiger partial charge in [-0.25, -0.2) is 4.39 Å². The molecular weight excluding hydrogens is 505 g/mol. The van der Waals surface area contributed by atoms with Gasteiger partial charge in [-0.2, -0.15) is 0 Å². The van der Waals surface area contributed by atoms with E-state index in [0.717, 1.165) is 29.7 Å². The number of carboxylic acid groups (broad SMARTS) is 1. The zero-order valence-corrected chi connectivity index (χ0v) is 22.7. The van der Waals surface area contributed by atoms with Crippen LogP contribution in [0.1, 0.15) is 60.9 Å². The number of rotatable bonds is 10. The molecule has 0 aromatic heterocycles. The number of fused-ring (bicyclic) bond motifs is 1. The highest BCUT2D eigenvalue weighted by Crippen LogP contribution is 2.38. The molecular formula is C31H33ClFNO4. The van der Waals surface area contributed by atoms with Crippen LogP contribution in [0.15, 0.2) is 60.7 Å². The van der Waals surface area contributed by atoms with Gasteiger partial charge in [0.25, 0.3) is 0 Å². The quantitative estimate of drug-likeness (QED) is 0.317. The maximum atomic E-state index is 13.5. The number of carboxylic acids is 1. The van der Waals surface area contributed by atoms with Gasteiger partial charge >= 0.3 is 5.97 Å². The molecule has 1 atom stereocenters. The van der Waals surface area contributed by atoms with E-state index in [0.29, 0.717) is 17.9 Å². The lowest BCUT2D eigenvalue weighted by Crippen LogP contribution is -2.35. The first-order valence-electron chi connectivity index (χ1n) is 12.8. The summed E-state index contributed by atoms with van der Waals surface area (Å²) in [4.78, 5) is 25.6. The molecule has 1 aliphatic rings. The summed E-state index contributed by atoms with van der Waals surface area (Å²) in [6.07, 6.45) is 2.19. The highest BCUT2D eigenvalue weighted by Gasteiger charge is 2.35. The first kappa shape index (κ1) is 27.6. The first-order chi connectivity index (χ1) is 18.0. The lowest BCUT2D eigenvalue weighted by atomic mass is 9.90. The normalized spacial score (nSPS) is 16.3. The van der Waals surface area contributed by atoms with Crippen LogP contribution in [-0.4, -0.2) is 34.0 Å². The molecule has 0 unspecified atom stereocenters. The summed E-state index contributed by atoms with van der Waals surface area (Å²) in [6, 6.07) is 18.8. The number of ether oxygens (including phenoxy) is 1. The van der Waals surface area contributed by atoms with Gasteiger partial charge < -0.3 is 14.7 Å². The largest absolute Gasteiger partial charge is 0.487 e. The molecule has 0 radical (unpaired) electrons. The maximum absolute atomic E-state index is 13.5. The fourth-order valence-corrected chi connectivity index (χ4v) is 5.15. The lowest BCUT2D eigenvalue weighted by molar-refractivity contribution is -0.144. The van der Waals surface area contributed by atoms with Crippen LogP contribution in [0.3, 0.4) is 0 Å². The summed E-state index contributed by atoms with van der Waals surface area (Å²) in [5.74, 6) is -0.609. The fraction of sp³-hybridized carbons (Fsp3) is 0.355. The molecule has 4 rings (SSSR count). The summed E-state index contributed by atoms with van der Waals surface area (Å²) in [5, 5.41) is 9.23. The molecule has 1 aliphatic heterocycles. The molecule has 1 N–H and O–H groups in total. The number of aryl methyl sites for hydroxylation is 1. The van der Waals surface area contributed by atoms with Gasteiger partial charge in [0, 0.05) is 25.8 Å². The Morgan fingerprint density at radius 3 is 2.39 bits per heavy atom. The number of aliphatic carboxylic acids is 1. The Morgan fingerprint density at radius 1 is 1.05 bits per heavy atom. The number of halogens is 2. The van der Waals surface area contributed by atoms with E-state index >= 15 is 0 Å². The summed E-state index contributed by atoms with van der Waals surface area (Å²) >= 11 is 5.85. The SMILES string of the molecule is CC(C)c1ccc(C[C@@]2(C)Cc3cc(CCC(=O)N(CC(=O)O)Cc4ccc(F)c(Cl)c4)ccc3O2)cc1. The van der Waals surface area contributed by atoms with Crippen molar-refractivity contribution in [1.29, 1.82) is 0 Å². The Bertz CT molecular complexity index is 1320. The van der Waals surface area contributed by atoms with Crippen LogP contribution in [0, 0.1) is 5.82 Å². The van der Waals surface area contributed by atoms with Gasteiger partial charge in [-0.1, -0.05) is 67.9 Å². The molecule has 0 bridgehead atoms. The second kappa shape index (κ2) is 11.6. The Balaban J connectivity index is 1.38. The van der Waals surface area contributed by atoms with Gasteiger partial charge in [0.15, 0.2) is 0 Å². The molecule has 0 saturated heterocycles. The minimum atomic E-state index is -1.11. The minimum Gasteiger partial charge on any atom is -0.487 e. The Kier molecular flexibility index (Phi) is 8.41. The van der Waals surface area contributed by atoms with Crippen molar-refractivity contribution in [1.82, 2.24) is 4.90 Å². The average molecular weight is 538 g/mol. The van der Waals surface area contributed by atoms with E-state index in [9.17, 15) is 19.1 Å². The third-order valence-electron chi connectivity index (χ3n) is 6.93. The van der Waals surface area contributed by atoms with Crippen LogP contribution < -0.4 is 4.74 Å². The molecule has 5 nitrogen and oxygen atoms in total. The second-order valence-electron chi connectivity index (χ2n) is 10.6. The van der Waals surface area contributed by atoms with Crippen LogP contribution in [-0.2, 0) is 35.4 Å². The predicted molar refractivity (Wildman–Crippen MR) is 146 cm³/mol. The minimum absolute atomic E-state index is 0.0413. The van der Waals surface area contributed by atoms with Crippen molar-refractivity contribution in [2.24, 2.45) is 0 Å². The van der Waals surface area contributed by atoms with Gasteiger partial charge in [-0.05, 0) is 65.3 Å². The lowest BCUT2D eigenvalue weighted by Gasteiger charge is -2.24. The second-order valence-corrected chi connectivity index (χ2v) is 11.0. The number of benzene rings is 3. The maximum Gasteiger partial charge on any atom is 0.323 e. The number of nitrogens with zero attached hydrogens (tertiary/aromatic N) is 1. The molecule has 7 heteroatoms. The zero-order chi connectivity index (χ0) is 27.4. The van der Waals surface area contributed by atoms with Crippen LogP contribution in [0.2, 0.25) is 5.02 Å². The Hall–Kier alpha value is -3.38. The fourth-order valence-electron chi connectivity index (χ4n) is 4.94. The third kappa shape index (κ3) is 6.93. The molecule has 0 aliphatic carbocycles. The van der Waals surface area contributed by atoms with E-state index in [1.54, 1.807) is 0 Å². The summed E-state index contributed by atoms with van der Waals surface area (Å²) in [6.45, 7) is 6.09. The Labute approximate surface area is 228 Å². The van der Waals surface area contributed by atoms with E-state index in [-0.39, 0.29) is 29.5 Å². The molecule has 3 aromatic rings. The summed E-state index contributed by atoms with van der Waals surface area (Å²) < 4.78 is 19.8. The first-order valence-corrected chi connectivity index (χ1v) is 13.2. The average Bonchev–Trinajstić information content (AvgIpc) is 3.19. The predicted octanol–water partition coefficient (Wildman–Crippen LogP) is 6.58. The number of hydrogen-bond acceptors (Lipinski definition) is 3. The molecule has 0 saturated carbocycles. The van der Waals surface area contributed by atoms with Crippen LogP contribution in [0.5, 0.6) is 5.75 Å². The summed E-state index contributed by atoms with van der Waals surface area (Å²) in [7, 11) is 0. The van der Waals surface area contributed by atoms with Crippen molar-refractivity contribution >= 4 is 23.5 Å². The van der Waals surface area contributed by atoms with E-state index < -0.39 is 18.3 Å². The van der Waals surface area contributed by atoms with Crippen LogP contribution in [0.4, 0.5) is 4.39 Å². The number of hydrogen-bond donors (Lipinski definition) is 1. The topological polar surface area (TPSA) is 66.8 Å². The van der Waals surface area contributed by atoms with Crippen molar-refractivity contribution in [3.8, 4) is 5.75 Å². The third-order valence-corrected chi connectivity index (χ3v) is 7.22.